The lowest BCUT2D eigenvalue weighted by Crippen LogP contribution is -2.35. The number of carbonyl (C=O) groups excluding carboxylic acids is 2. The van der Waals surface area contributed by atoms with Crippen LogP contribution in [0.1, 0.15) is 36.7 Å². The van der Waals surface area contributed by atoms with Gasteiger partial charge in [0, 0.05) is 19.5 Å². The Labute approximate surface area is 169 Å². The highest BCUT2D eigenvalue weighted by atomic mass is 16.5. The fourth-order valence-electron chi connectivity index (χ4n) is 3.35. The van der Waals surface area contributed by atoms with Crippen molar-refractivity contribution in [3.8, 4) is 11.5 Å². The summed E-state index contributed by atoms with van der Waals surface area (Å²) in [5, 5.41) is 6.58. The van der Waals surface area contributed by atoms with Gasteiger partial charge in [0.25, 0.3) is 0 Å². The fraction of sp³-hybridized carbons (Fsp3) is 0.500. The summed E-state index contributed by atoms with van der Waals surface area (Å²) < 4.78 is 15.6. The summed E-state index contributed by atoms with van der Waals surface area (Å²) >= 11 is 0. The molecule has 2 atom stereocenters. The van der Waals surface area contributed by atoms with Gasteiger partial charge in [-0.3, -0.25) is 9.59 Å². The van der Waals surface area contributed by atoms with Gasteiger partial charge in [0.15, 0.2) is 17.3 Å². The molecule has 2 aromatic rings. The number of likely N-dealkylation sites (tertiary alicyclic amines) is 1. The van der Waals surface area contributed by atoms with Gasteiger partial charge in [-0.15, -0.1) is 0 Å². The van der Waals surface area contributed by atoms with E-state index in [0.29, 0.717) is 42.7 Å². The highest BCUT2D eigenvalue weighted by molar-refractivity contribution is 5.89. The summed E-state index contributed by atoms with van der Waals surface area (Å²) in [6.45, 7) is 4.42. The molecule has 0 saturated carbocycles. The zero-order chi connectivity index (χ0) is 21.0. The number of amides is 2. The molecule has 9 heteroatoms. The molecular formula is C20H26N4O5. The minimum Gasteiger partial charge on any atom is -0.493 e. The number of ether oxygens (including phenoxy) is 2. The van der Waals surface area contributed by atoms with Crippen molar-refractivity contribution in [1.82, 2.24) is 20.4 Å². The standard InChI is InChI=1S/C20H26N4O5/c1-12(20-22-13(2)23-29-20)21-19(26)15-10-18(25)24(11-15)8-7-14-5-6-16(27-3)17(9-14)28-4/h5-6,9,12,15H,7-8,10-11H2,1-4H3,(H,21,26). The van der Waals surface area contributed by atoms with E-state index in [1.807, 2.05) is 18.2 Å². The highest BCUT2D eigenvalue weighted by Crippen LogP contribution is 2.28. The van der Waals surface area contributed by atoms with Gasteiger partial charge in [-0.2, -0.15) is 4.98 Å². The van der Waals surface area contributed by atoms with Gasteiger partial charge in [-0.25, -0.2) is 0 Å². The van der Waals surface area contributed by atoms with Crippen LogP contribution in [-0.2, 0) is 16.0 Å². The second-order valence-electron chi connectivity index (χ2n) is 7.09. The number of methoxy groups -OCH3 is 2. The van der Waals surface area contributed by atoms with Gasteiger partial charge in [0.2, 0.25) is 17.7 Å². The molecule has 1 saturated heterocycles. The Morgan fingerprint density at radius 1 is 1.34 bits per heavy atom. The Bertz CT molecular complexity index is 882. The number of aromatic nitrogens is 2. The number of nitrogens with zero attached hydrogens (tertiary/aromatic N) is 3. The molecule has 2 amide bonds. The van der Waals surface area contributed by atoms with E-state index in [0.717, 1.165) is 5.56 Å². The molecule has 9 nitrogen and oxygen atoms in total. The lowest BCUT2D eigenvalue weighted by molar-refractivity contribution is -0.129. The molecule has 1 aliphatic rings. The van der Waals surface area contributed by atoms with Crippen molar-refractivity contribution in [3.05, 3.63) is 35.5 Å². The maximum atomic E-state index is 12.5. The second kappa shape index (κ2) is 8.93. The van der Waals surface area contributed by atoms with E-state index >= 15 is 0 Å². The van der Waals surface area contributed by atoms with E-state index in [9.17, 15) is 9.59 Å². The molecule has 0 spiro atoms. The number of hydrogen-bond donors (Lipinski definition) is 1. The Kier molecular flexibility index (Phi) is 6.36. The van der Waals surface area contributed by atoms with Crippen LogP contribution < -0.4 is 14.8 Å². The maximum Gasteiger partial charge on any atom is 0.248 e. The van der Waals surface area contributed by atoms with E-state index in [1.54, 1.807) is 33.0 Å². The summed E-state index contributed by atoms with van der Waals surface area (Å²) in [6, 6.07) is 5.29. The summed E-state index contributed by atoms with van der Waals surface area (Å²) in [5.41, 5.74) is 1.03. The monoisotopic (exact) mass is 402 g/mol. The van der Waals surface area contributed by atoms with Crippen molar-refractivity contribution in [3.63, 3.8) is 0 Å². The van der Waals surface area contributed by atoms with E-state index in [-0.39, 0.29) is 24.2 Å². The topological polar surface area (TPSA) is 107 Å². The largest absolute Gasteiger partial charge is 0.493 e. The summed E-state index contributed by atoms with van der Waals surface area (Å²) in [5.74, 6) is 1.58. The van der Waals surface area contributed by atoms with Crippen LogP contribution in [0.3, 0.4) is 0 Å². The van der Waals surface area contributed by atoms with Gasteiger partial charge in [-0.1, -0.05) is 11.2 Å². The number of carbonyl (C=O) groups is 2. The lowest BCUT2D eigenvalue weighted by Gasteiger charge is -2.18. The normalized spacial score (nSPS) is 17.3. The van der Waals surface area contributed by atoms with Crippen LogP contribution in [0.4, 0.5) is 0 Å². The van der Waals surface area contributed by atoms with E-state index in [1.165, 1.54) is 0 Å². The molecule has 0 radical (unpaired) electrons. The Morgan fingerprint density at radius 2 is 2.10 bits per heavy atom. The zero-order valence-electron chi connectivity index (χ0n) is 17.1. The molecule has 2 heterocycles. The second-order valence-corrected chi connectivity index (χ2v) is 7.09. The molecule has 1 aromatic heterocycles. The Hall–Kier alpha value is -3.10. The van der Waals surface area contributed by atoms with Gasteiger partial charge >= 0.3 is 0 Å². The molecular weight excluding hydrogens is 376 g/mol. The van der Waals surface area contributed by atoms with Crippen molar-refractivity contribution in [1.29, 1.82) is 0 Å². The third-order valence-electron chi connectivity index (χ3n) is 4.98. The average molecular weight is 402 g/mol. The number of rotatable bonds is 8. The van der Waals surface area contributed by atoms with Crippen molar-refractivity contribution >= 4 is 11.8 Å². The van der Waals surface area contributed by atoms with Crippen molar-refractivity contribution in [2.75, 3.05) is 27.3 Å². The predicted molar refractivity (Wildman–Crippen MR) is 104 cm³/mol. The third-order valence-corrected chi connectivity index (χ3v) is 4.98. The molecule has 1 aliphatic heterocycles. The molecule has 3 rings (SSSR count). The first-order valence-corrected chi connectivity index (χ1v) is 9.50. The quantitative estimate of drug-likeness (QED) is 0.716. The highest BCUT2D eigenvalue weighted by Gasteiger charge is 2.35. The van der Waals surface area contributed by atoms with Gasteiger partial charge < -0.3 is 24.2 Å². The van der Waals surface area contributed by atoms with Crippen molar-refractivity contribution in [2.24, 2.45) is 5.92 Å². The SMILES string of the molecule is COc1ccc(CCN2CC(C(=O)NC(C)c3nc(C)no3)CC2=O)cc1OC. The van der Waals surface area contributed by atoms with Gasteiger partial charge in [-0.05, 0) is 38.0 Å². The number of benzene rings is 1. The molecule has 0 bridgehead atoms. The van der Waals surface area contributed by atoms with Crippen LogP contribution >= 0.6 is 0 Å². The molecule has 156 valence electrons. The van der Waals surface area contributed by atoms with Gasteiger partial charge in [0.05, 0.1) is 20.1 Å². The Morgan fingerprint density at radius 3 is 2.76 bits per heavy atom. The Balaban J connectivity index is 1.54. The molecule has 0 aliphatic carbocycles. The predicted octanol–water partition coefficient (Wildman–Crippen LogP) is 1.66. The third kappa shape index (κ3) is 4.85. The molecule has 2 unspecified atom stereocenters. The average Bonchev–Trinajstić information content (AvgIpc) is 3.31. The molecule has 1 fully saturated rings. The van der Waals surface area contributed by atoms with E-state index in [2.05, 4.69) is 15.5 Å². The van der Waals surface area contributed by atoms with Crippen LogP contribution in [0.25, 0.3) is 0 Å². The van der Waals surface area contributed by atoms with Crippen LogP contribution in [0.2, 0.25) is 0 Å². The van der Waals surface area contributed by atoms with E-state index in [4.69, 9.17) is 14.0 Å². The van der Waals surface area contributed by atoms with Crippen LogP contribution in [0.5, 0.6) is 11.5 Å². The first kappa shape index (κ1) is 20.6. The van der Waals surface area contributed by atoms with Crippen molar-refractivity contribution in [2.45, 2.75) is 32.7 Å². The summed E-state index contributed by atoms with van der Waals surface area (Å²) in [4.78, 5) is 30.7. The molecule has 1 N–H and O–H groups in total. The minimum atomic E-state index is -0.403. The summed E-state index contributed by atoms with van der Waals surface area (Å²) in [6.07, 6.45) is 0.867. The smallest absolute Gasteiger partial charge is 0.248 e. The van der Waals surface area contributed by atoms with E-state index < -0.39 is 6.04 Å². The van der Waals surface area contributed by atoms with Crippen LogP contribution in [0.15, 0.2) is 22.7 Å². The maximum absolute atomic E-state index is 12.5. The minimum absolute atomic E-state index is 0.0214. The number of aryl methyl sites for hydroxylation is 1. The number of hydrogen-bond acceptors (Lipinski definition) is 7. The molecule has 29 heavy (non-hydrogen) atoms. The summed E-state index contributed by atoms with van der Waals surface area (Å²) in [7, 11) is 3.18. The number of nitrogens with one attached hydrogen (secondary N) is 1. The lowest BCUT2D eigenvalue weighted by atomic mass is 10.1. The van der Waals surface area contributed by atoms with Crippen LogP contribution in [0, 0.1) is 12.8 Å². The van der Waals surface area contributed by atoms with Crippen LogP contribution in [-0.4, -0.2) is 54.2 Å². The zero-order valence-corrected chi connectivity index (χ0v) is 17.1. The van der Waals surface area contributed by atoms with Crippen molar-refractivity contribution < 1.29 is 23.6 Å². The first-order valence-electron chi connectivity index (χ1n) is 9.50. The molecule has 1 aromatic carbocycles. The van der Waals surface area contributed by atoms with Gasteiger partial charge in [0.1, 0.15) is 6.04 Å². The first-order chi connectivity index (χ1) is 13.9. The fourth-order valence-corrected chi connectivity index (χ4v) is 3.35.